The topological polar surface area (TPSA) is 57.6 Å². The van der Waals surface area contributed by atoms with Crippen LogP contribution in [0.1, 0.15) is 16.7 Å². The summed E-state index contributed by atoms with van der Waals surface area (Å²) in [5.41, 5.74) is 3.02. The van der Waals surface area contributed by atoms with Crippen molar-refractivity contribution in [3.8, 4) is 0 Å². The van der Waals surface area contributed by atoms with Crippen molar-refractivity contribution in [2.24, 2.45) is 5.92 Å². The molecule has 144 valence electrons. The van der Waals surface area contributed by atoms with Gasteiger partial charge in [-0.2, -0.15) is 25.3 Å². The molecule has 2 aromatic rings. The van der Waals surface area contributed by atoms with Crippen molar-refractivity contribution < 1.29 is 14.7 Å². The van der Waals surface area contributed by atoms with E-state index in [2.05, 4.69) is 25.3 Å². The molecule has 2 aromatic carbocycles. The average Bonchev–Trinajstić information content (AvgIpc) is 2.67. The van der Waals surface area contributed by atoms with Gasteiger partial charge in [-0.05, 0) is 24.5 Å². The van der Waals surface area contributed by atoms with E-state index in [1.807, 2.05) is 61.5 Å². The zero-order valence-corrected chi connectivity index (χ0v) is 17.1. The zero-order valence-electron chi connectivity index (χ0n) is 15.3. The number of carbonyl (C=O) groups excluding carboxylic acids is 1. The molecular formula is C21H25NO3S2. The van der Waals surface area contributed by atoms with Gasteiger partial charge in [0.2, 0.25) is 5.91 Å². The second-order valence-electron chi connectivity index (χ2n) is 6.56. The number of hydrogen-bond acceptors (Lipinski definition) is 4. The molecule has 0 heterocycles. The van der Waals surface area contributed by atoms with Crippen LogP contribution in [0.5, 0.6) is 0 Å². The second kappa shape index (κ2) is 10.4. The number of aliphatic carboxylic acids is 1. The first-order valence-electron chi connectivity index (χ1n) is 8.80. The summed E-state index contributed by atoms with van der Waals surface area (Å²) in [7, 11) is 0. The molecule has 1 N–H and O–H groups in total. The number of nitrogens with zero attached hydrogens (tertiary/aromatic N) is 1. The number of benzene rings is 2. The minimum absolute atomic E-state index is 0.0531. The number of hydrogen-bond donors (Lipinski definition) is 3. The van der Waals surface area contributed by atoms with Crippen LogP contribution in [0.2, 0.25) is 0 Å². The molecule has 0 aromatic heterocycles. The summed E-state index contributed by atoms with van der Waals surface area (Å²) in [5, 5.41) is 9.60. The fraction of sp³-hybridized carbons (Fsp3) is 0.333. The summed E-state index contributed by atoms with van der Waals surface area (Å²) >= 11 is 8.53. The predicted octanol–water partition coefficient (Wildman–Crippen LogP) is 3.50. The van der Waals surface area contributed by atoms with Gasteiger partial charge in [0.05, 0.1) is 5.92 Å². The molecule has 0 aliphatic heterocycles. The molecular weight excluding hydrogens is 378 g/mol. The Hall–Kier alpha value is -1.92. The highest BCUT2D eigenvalue weighted by molar-refractivity contribution is 7.80. The molecule has 0 spiro atoms. The van der Waals surface area contributed by atoms with Crippen molar-refractivity contribution in [2.75, 3.05) is 11.5 Å². The van der Waals surface area contributed by atoms with E-state index in [0.29, 0.717) is 12.2 Å². The molecule has 4 nitrogen and oxygen atoms in total. The van der Waals surface area contributed by atoms with E-state index in [1.54, 1.807) is 0 Å². The maximum absolute atomic E-state index is 13.2. The van der Waals surface area contributed by atoms with Gasteiger partial charge >= 0.3 is 5.97 Å². The van der Waals surface area contributed by atoms with Crippen LogP contribution >= 0.6 is 25.3 Å². The third-order valence-electron chi connectivity index (χ3n) is 4.49. The van der Waals surface area contributed by atoms with Gasteiger partial charge in [-0.25, -0.2) is 4.79 Å². The standard InChI is InChI=1S/C21H25NO3S2/c1-15-7-9-17(10-8-15)12-22(19(14-27)21(24)25)20(23)18(13-26)11-16-5-3-2-4-6-16/h2-10,18-19,26-27H,11-14H2,1H3,(H,24,25)/t18-,19+/m1/s1. The van der Waals surface area contributed by atoms with Crippen LogP contribution in [0, 0.1) is 12.8 Å². The average molecular weight is 404 g/mol. The van der Waals surface area contributed by atoms with E-state index < -0.39 is 17.9 Å². The molecule has 2 rings (SSSR count). The molecule has 0 aliphatic rings. The van der Waals surface area contributed by atoms with Crippen LogP contribution in [-0.4, -0.2) is 39.4 Å². The quantitative estimate of drug-likeness (QED) is 0.562. The fourth-order valence-corrected chi connectivity index (χ4v) is 3.54. The van der Waals surface area contributed by atoms with Gasteiger partial charge in [0.1, 0.15) is 6.04 Å². The Morgan fingerprint density at radius 2 is 1.59 bits per heavy atom. The van der Waals surface area contributed by atoms with E-state index in [-0.39, 0.29) is 18.2 Å². The third kappa shape index (κ3) is 6.04. The normalized spacial score (nSPS) is 13.0. The van der Waals surface area contributed by atoms with Crippen molar-refractivity contribution >= 4 is 37.1 Å². The van der Waals surface area contributed by atoms with E-state index in [4.69, 9.17) is 0 Å². The minimum atomic E-state index is -1.05. The molecule has 0 unspecified atom stereocenters. The molecule has 27 heavy (non-hydrogen) atoms. The maximum atomic E-state index is 13.2. The summed E-state index contributed by atoms with van der Waals surface area (Å²) in [6.45, 7) is 2.22. The van der Waals surface area contributed by atoms with Gasteiger partial charge in [-0.3, -0.25) is 4.79 Å². The predicted molar refractivity (Wildman–Crippen MR) is 114 cm³/mol. The van der Waals surface area contributed by atoms with Crippen LogP contribution < -0.4 is 0 Å². The number of aryl methyl sites for hydroxylation is 1. The SMILES string of the molecule is Cc1ccc(CN(C(=O)[C@@H](CS)Cc2ccccc2)[C@@H](CS)C(=O)O)cc1. The van der Waals surface area contributed by atoms with E-state index in [0.717, 1.165) is 16.7 Å². The smallest absolute Gasteiger partial charge is 0.327 e. The molecule has 0 fully saturated rings. The zero-order chi connectivity index (χ0) is 19.8. The Kier molecular flexibility index (Phi) is 8.25. The summed E-state index contributed by atoms with van der Waals surface area (Å²) in [6.07, 6.45) is 0.520. The lowest BCUT2D eigenvalue weighted by Gasteiger charge is -2.31. The highest BCUT2D eigenvalue weighted by Gasteiger charge is 2.32. The van der Waals surface area contributed by atoms with Gasteiger partial charge in [0.15, 0.2) is 0 Å². The summed E-state index contributed by atoms with van der Waals surface area (Å²) < 4.78 is 0. The van der Waals surface area contributed by atoms with Crippen molar-refractivity contribution in [3.05, 3.63) is 71.3 Å². The lowest BCUT2D eigenvalue weighted by atomic mass is 9.98. The Morgan fingerprint density at radius 3 is 2.11 bits per heavy atom. The summed E-state index contributed by atoms with van der Waals surface area (Å²) in [6, 6.07) is 16.4. The molecule has 0 bridgehead atoms. The molecule has 6 heteroatoms. The second-order valence-corrected chi connectivity index (χ2v) is 7.29. The molecule has 0 radical (unpaired) electrons. The monoisotopic (exact) mass is 403 g/mol. The Balaban J connectivity index is 2.27. The highest BCUT2D eigenvalue weighted by atomic mass is 32.1. The van der Waals surface area contributed by atoms with Gasteiger partial charge in [-0.15, -0.1) is 0 Å². The van der Waals surface area contributed by atoms with E-state index in [9.17, 15) is 14.7 Å². The summed E-state index contributed by atoms with van der Waals surface area (Å²) in [4.78, 5) is 26.4. The van der Waals surface area contributed by atoms with Gasteiger partial charge in [0.25, 0.3) is 0 Å². The number of carboxylic acids is 1. The van der Waals surface area contributed by atoms with Crippen LogP contribution in [0.25, 0.3) is 0 Å². The molecule has 0 saturated carbocycles. The Bertz CT molecular complexity index is 750. The number of carbonyl (C=O) groups is 2. The Morgan fingerprint density at radius 1 is 0.963 bits per heavy atom. The molecule has 1 amide bonds. The Labute approximate surface area is 171 Å². The van der Waals surface area contributed by atoms with E-state index in [1.165, 1.54) is 4.90 Å². The van der Waals surface area contributed by atoms with Crippen molar-refractivity contribution in [2.45, 2.75) is 25.9 Å². The summed E-state index contributed by atoms with van der Waals surface area (Å²) in [5.74, 6) is -1.27. The number of carboxylic acid groups (broad SMARTS) is 1. The van der Waals surface area contributed by atoms with Gasteiger partial charge in [-0.1, -0.05) is 60.2 Å². The highest BCUT2D eigenvalue weighted by Crippen LogP contribution is 2.19. The lowest BCUT2D eigenvalue weighted by molar-refractivity contribution is -0.151. The number of rotatable bonds is 9. The first-order chi connectivity index (χ1) is 13.0. The van der Waals surface area contributed by atoms with Crippen molar-refractivity contribution in [1.82, 2.24) is 4.90 Å². The van der Waals surface area contributed by atoms with Crippen LogP contribution in [-0.2, 0) is 22.6 Å². The maximum Gasteiger partial charge on any atom is 0.327 e. The molecule has 0 saturated heterocycles. The van der Waals surface area contributed by atoms with Gasteiger partial charge < -0.3 is 10.0 Å². The van der Waals surface area contributed by atoms with Crippen LogP contribution in [0.4, 0.5) is 0 Å². The van der Waals surface area contributed by atoms with E-state index >= 15 is 0 Å². The van der Waals surface area contributed by atoms with Crippen molar-refractivity contribution in [3.63, 3.8) is 0 Å². The van der Waals surface area contributed by atoms with Crippen molar-refractivity contribution in [1.29, 1.82) is 0 Å². The minimum Gasteiger partial charge on any atom is -0.480 e. The number of thiol groups is 2. The largest absolute Gasteiger partial charge is 0.480 e. The van der Waals surface area contributed by atoms with Crippen LogP contribution in [0.3, 0.4) is 0 Å². The molecule has 2 atom stereocenters. The van der Waals surface area contributed by atoms with Gasteiger partial charge in [0, 0.05) is 18.1 Å². The molecule has 0 aliphatic carbocycles. The lowest BCUT2D eigenvalue weighted by Crippen LogP contribution is -2.49. The fourth-order valence-electron chi connectivity index (χ4n) is 2.90. The first-order valence-corrected chi connectivity index (χ1v) is 10.1. The first kappa shape index (κ1) is 21.4. The van der Waals surface area contributed by atoms with Crippen LogP contribution in [0.15, 0.2) is 54.6 Å². The third-order valence-corrected chi connectivity index (χ3v) is 5.27. The number of amides is 1.